The maximum atomic E-state index is 4.38. The predicted molar refractivity (Wildman–Crippen MR) is 67.3 cm³/mol. The minimum Gasteiger partial charge on any atom is -0.178 e. The molecule has 0 aromatic heterocycles. The van der Waals surface area contributed by atoms with Gasteiger partial charge in [0.2, 0.25) is 0 Å². The molecule has 1 aromatic carbocycles. The molecule has 0 N–H and O–H groups in total. The number of aryl methyl sites for hydroxylation is 1. The van der Waals surface area contributed by atoms with Crippen molar-refractivity contribution < 1.29 is 0 Å². The molecule has 1 rings (SSSR count). The number of hydrogen-bond acceptors (Lipinski definition) is 1. The van der Waals surface area contributed by atoms with Crippen molar-refractivity contribution in [1.29, 1.82) is 0 Å². The van der Waals surface area contributed by atoms with Crippen molar-refractivity contribution in [3.63, 3.8) is 0 Å². The van der Waals surface area contributed by atoms with E-state index in [9.17, 15) is 0 Å². The van der Waals surface area contributed by atoms with E-state index in [2.05, 4.69) is 57.7 Å². The topological polar surface area (TPSA) is 0 Å². The molecular weight excluding hydrogens is 188 g/mol. The highest BCUT2D eigenvalue weighted by Crippen LogP contribution is 2.24. The summed E-state index contributed by atoms with van der Waals surface area (Å²) in [7, 11) is 0. The average molecular weight is 208 g/mol. The van der Waals surface area contributed by atoms with Crippen LogP contribution in [0.15, 0.2) is 24.3 Å². The normalized spacial score (nSPS) is 11.7. The number of rotatable bonds is 4. The van der Waals surface area contributed by atoms with Crippen LogP contribution in [0.5, 0.6) is 0 Å². The fourth-order valence-corrected chi connectivity index (χ4v) is 1.69. The van der Waals surface area contributed by atoms with E-state index in [0.29, 0.717) is 0 Å². The van der Waals surface area contributed by atoms with Crippen LogP contribution in [0.2, 0.25) is 0 Å². The molecule has 0 aliphatic rings. The van der Waals surface area contributed by atoms with E-state index in [1.165, 1.54) is 24.0 Å². The molecule has 0 heterocycles. The Kier molecular flexibility index (Phi) is 4.06. The monoisotopic (exact) mass is 208 g/mol. The smallest absolute Gasteiger partial charge is 0.000584 e. The first-order valence-electron chi connectivity index (χ1n) is 5.30. The fourth-order valence-electron chi connectivity index (χ4n) is 1.50. The first kappa shape index (κ1) is 11.6. The van der Waals surface area contributed by atoms with Gasteiger partial charge in [0.15, 0.2) is 0 Å². The van der Waals surface area contributed by atoms with Crippen molar-refractivity contribution in [2.75, 3.05) is 5.75 Å². The van der Waals surface area contributed by atoms with Gasteiger partial charge < -0.3 is 0 Å². The van der Waals surface area contributed by atoms with E-state index in [1.807, 2.05) is 0 Å². The van der Waals surface area contributed by atoms with Crippen molar-refractivity contribution in [1.82, 2.24) is 0 Å². The van der Waals surface area contributed by atoms with Crippen LogP contribution in [0.25, 0.3) is 0 Å². The second-order valence-electron chi connectivity index (χ2n) is 4.49. The average Bonchev–Trinajstić information content (AvgIpc) is 2.19. The summed E-state index contributed by atoms with van der Waals surface area (Å²) in [6.45, 7) is 6.68. The van der Waals surface area contributed by atoms with Crippen LogP contribution in [0.1, 0.15) is 38.3 Å². The number of benzene rings is 1. The van der Waals surface area contributed by atoms with E-state index in [0.717, 1.165) is 5.75 Å². The second kappa shape index (κ2) is 4.88. The third-order valence-electron chi connectivity index (χ3n) is 2.67. The van der Waals surface area contributed by atoms with Crippen molar-refractivity contribution in [2.45, 2.75) is 39.0 Å². The van der Waals surface area contributed by atoms with Crippen LogP contribution in [0.3, 0.4) is 0 Å². The third kappa shape index (κ3) is 2.78. The summed E-state index contributed by atoms with van der Waals surface area (Å²) in [5.41, 5.74) is 3.01. The van der Waals surface area contributed by atoms with Crippen molar-refractivity contribution in [3.05, 3.63) is 35.4 Å². The minimum absolute atomic E-state index is 0.188. The molecule has 0 bridgehead atoms. The van der Waals surface area contributed by atoms with Crippen LogP contribution < -0.4 is 0 Å². The van der Waals surface area contributed by atoms with Crippen LogP contribution in [0.4, 0.5) is 0 Å². The predicted octanol–water partition coefficient (Wildman–Crippen LogP) is 3.85. The van der Waals surface area contributed by atoms with Crippen molar-refractivity contribution in [3.8, 4) is 0 Å². The van der Waals surface area contributed by atoms with Crippen molar-refractivity contribution >= 4 is 12.6 Å². The molecule has 0 unspecified atom stereocenters. The van der Waals surface area contributed by atoms with Gasteiger partial charge in [0, 0.05) is 0 Å². The fraction of sp³-hybridized carbons (Fsp3) is 0.538. The van der Waals surface area contributed by atoms with Crippen molar-refractivity contribution in [2.24, 2.45) is 0 Å². The molecule has 0 amide bonds. The summed E-state index contributed by atoms with van der Waals surface area (Å²) in [5, 5.41) is 0. The largest absolute Gasteiger partial charge is 0.178 e. The number of hydrogen-bond donors (Lipinski definition) is 1. The third-order valence-corrected chi connectivity index (χ3v) is 3.46. The molecule has 0 spiro atoms. The van der Waals surface area contributed by atoms with Crippen LogP contribution in [-0.4, -0.2) is 5.75 Å². The minimum atomic E-state index is 0.188. The van der Waals surface area contributed by atoms with Crippen LogP contribution in [-0.2, 0) is 11.8 Å². The Balaban J connectivity index is 2.82. The Morgan fingerprint density at radius 2 is 1.71 bits per heavy atom. The highest BCUT2D eigenvalue weighted by Gasteiger charge is 2.17. The highest BCUT2D eigenvalue weighted by atomic mass is 32.1. The summed E-state index contributed by atoms with van der Waals surface area (Å²) in [6.07, 6.45) is 2.40. The zero-order chi connectivity index (χ0) is 10.6. The molecule has 0 radical (unpaired) electrons. The Morgan fingerprint density at radius 3 is 2.14 bits per heavy atom. The Bertz CT molecular complexity index is 272. The molecule has 0 saturated heterocycles. The van der Waals surface area contributed by atoms with Gasteiger partial charge in [-0.25, -0.2) is 0 Å². The highest BCUT2D eigenvalue weighted by molar-refractivity contribution is 7.80. The van der Waals surface area contributed by atoms with Gasteiger partial charge in [-0.05, 0) is 28.7 Å². The molecule has 0 saturated carbocycles. The number of thiol groups is 1. The summed E-state index contributed by atoms with van der Waals surface area (Å²) < 4.78 is 0. The lowest BCUT2D eigenvalue weighted by Crippen LogP contribution is -2.18. The quantitative estimate of drug-likeness (QED) is 0.714. The summed E-state index contributed by atoms with van der Waals surface area (Å²) >= 11 is 4.38. The van der Waals surface area contributed by atoms with E-state index in [4.69, 9.17) is 0 Å². The van der Waals surface area contributed by atoms with Gasteiger partial charge in [0.25, 0.3) is 0 Å². The van der Waals surface area contributed by atoms with E-state index < -0.39 is 0 Å². The van der Waals surface area contributed by atoms with Gasteiger partial charge >= 0.3 is 0 Å². The lowest BCUT2D eigenvalue weighted by Gasteiger charge is -2.22. The Morgan fingerprint density at radius 1 is 1.14 bits per heavy atom. The second-order valence-corrected chi connectivity index (χ2v) is 4.81. The standard InChI is InChI=1S/C13H20S/c1-4-5-11-6-8-12(9-7-11)13(2,3)10-14/h6-9,14H,4-5,10H2,1-3H3. The molecule has 78 valence electrons. The van der Waals surface area contributed by atoms with E-state index in [-0.39, 0.29) is 5.41 Å². The van der Waals surface area contributed by atoms with Gasteiger partial charge in [0.1, 0.15) is 0 Å². The van der Waals surface area contributed by atoms with Crippen LogP contribution >= 0.6 is 12.6 Å². The van der Waals surface area contributed by atoms with Gasteiger partial charge in [-0.1, -0.05) is 51.5 Å². The molecule has 1 heteroatoms. The Labute approximate surface area is 93.1 Å². The molecular formula is C13H20S. The Hall–Kier alpha value is -0.430. The maximum absolute atomic E-state index is 4.38. The summed E-state index contributed by atoms with van der Waals surface area (Å²) in [4.78, 5) is 0. The maximum Gasteiger partial charge on any atom is -0.000584 e. The molecule has 0 atom stereocenters. The molecule has 14 heavy (non-hydrogen) atoms. The first-order valence-corrected chi connectivity index (χ1v) is 5.93. The SMILES string of the molecule is CCCc1ccc(C(C)(C)CS)cc1. The van der Waals surface area contributed by atoms with Crippen LogP contribution in [0, 0.1) is 0 Å². The molecule has 0 aliphatic carbocycles. The van der Waals surface area contributed by atoms with E-state index in [1.54, 1.807) is 0 Å². The van der Waals surface area contributed by atoms with Gasteiger partial charge in [-0.15, -0.1) is 0 Å². The zero-order valence-corrected chi connectivity index (χ0v) is 10.3. The zero-order valence-electron chi connectivity index (χ0n) is 9.38. The molecule has 0 aliphatic heterocycles. The summed E-state index contributed by atoms with van der Waals surface area (Å²) in [6, 6.07) is 8.95. The molecule has 0 nitrogen and oxygen atoms in total. The first-order chi connectivity index (χ1) is 6.60. The molecule has 0 fully saturated rings. The lowest BCUT2D eigenvalue weighted by molar-refractivity contribution is 0.603. The van der Waals surface area contributed by atoms with Gasteiger partial charge in [-0.3, -0.25) is 0 Å². The molecule has 1 aromatic rings. The van der Waals surface area contributed by atoms with Gasteiger partial charge in [-0.2, -0.15) is 12.6 Å². The lowest BCUT2D eigenvalue weighted by atomic mass is 9.86. The van der Waals surface area contributed by atoms with Gasteiger partial charge in [0.05, 0.1) is 0 Å². The van der Waals surface area contributed by atoms with E-state index >= 15 is 0 Å². The summed E-state index contributed by atoms with van der Waals surface area (Å²) in [5.74, 6) is 0.889.